The molecule has 0 bridgehead atoms. The number of aryl methyl sites for hydroxylation is 1. The van der Waals surface area contributed by atoms with Crippen molar-refractivity contribution in [3.63, 3.8) is 0 Å². The zero-order valence-electron chi connectivity index (χ0n) is 20.3. The van der Waals surface area contributed by atoms with E-state index in [1.807, 2.05) is 30.2 Å². The number of piperazine rings is 1. The number of carbonyl (C=O) groups excluding carboxylic acids is 1. The number of rotatable bonds is 6. The quantitative estimate of drug-likeness (QED) is 0.609. The minimum absolute atomic E-state index is 0.0105. The normalized spacial score (nSPS) is 18.4. The van der Waals surface area contributed by atoms with Crippen molar-refractivity contribution in [3.05, 3.63) is 42.4 Å². The van der Waals surface area contributed by atoms with Crippen molar-refractivity contribution >= 4 is 22.5 Å². The van der Waals surface area contributed by atoms with Gasteiger partial charge in [0.15, 0.2) is 0 Å². The molecular formula is C26H35N7O. The van der Waals surface area contributed by atoms with E-state index >= 15 is 0 Å². The van der Waals surface area contributed by atoms with Gasteiger partial charge in [-0.25, -0.2) is 4.98 Å². The van der Waals surface area contributed by atoms with Gasteiger partial charge in [-0.1, -0.05) is 18.6 Å². The number of carbonyl (C=O) groups is 1. The molecule has 2 fully saturated rings. The van der Waals surface area contributed by atoms with E-state index in [2.05, 4.69) is 55.3 Å². The molecule has 2 aromatic heterocycles. The molecule has 2 aliphatic rings. The molecule has 8 heteroatoms. The van der Waals surface area contributed by atoms with Crippen molar-refractivity contribution < 1.29 is 4.79 Å². The lowest BCUT2D eigenvalue weighted by Crippen LogP contribution is -2.47. The maximum absolute atomic E-state index is 12.6. The smallest absolute Gasteiger partial charge is 0.239 e. The fraction of sp³-hybridized carbons (Fsp3) is 0.500. The van der Waals surface area contributed by atoms with Gasteiger partial charge >= 0.3 is 0 Å². The molecule has 2 saturated heterocycles. The second kappa shape index (κ2) is 10.2. The van der Waals surface area contributed by atoms with Gasteiger partial charge in [-0.05, 0) is 56.1 Å². The van der Waals surface area contributed by atoms with Crippen LogP contribution in [0, 0.1) is 0 Å². The number of fused-ring (bicyclic) bond motifs is 1. The lowest BCUT2D eigenvalue weighted by Gasteiger charge is -2.31. The average Bonchev–Trinajstić information content (AvgIpc) is 3.20. The monoisotopic (exact) mass is 461 g/mol. The number of likely N-dealkylation sites (tertiary alicyclic amines) is 1. The summed E-state index contributed by atoms with van der Waals surface area (Å²) in [5.41, 5.74) is 3.57. The molecule has 0 saturated carbocycles. The molecule has 0 atom stereocenters. The number of nitrogens with zero attached hydrogens (tertiary/aromatic N) is 6. The minimum atomic E-state index is -0.0105. The standard InChI is InChI=1S/C26H35N7O/c1-30-10-12-33(13-11-30)19-26(34)29-25-15-22-14-20(6-7-21(22)16-27-25)23-17-28-31(2)24(23)18-32-8-4-3-5-9-32/h6-7,14-17H,3-5,8-13,18-19H2,1-2H3,(H,27,29,34). The fourth-order valence-electron chi connectivity index (χ4n) is 4.99. The number of hydrogen-bond donors (Lipinski definition) is 1. The van der Waals surface area contributed by atoms with Gasteiger partial charge in [0.2, 0.25) is 5.91 Å². The Labute approximate surface area is 201 Å². The van der Waals surface area contributed by atoms with Crippen LogP contribution < -0.4 is 5.32 Å². The zero-order valence-corrected chi connectivity index (χ0v) is 20.3. The van der Waals surface area contributed by atoms with Crippen LogP contribution in [0.15, 0.2) is 36.7 Å². The Hall–Kier alpha value is -2.81. The van der Waals surface area contributed by atoms with Crippen LogP contribution in [-0.2, 0) is 18.4 Å². The predicted molar refractivity (Wildman–Crippen MR) is 136 cm³/mol. The molecule has 1 amide bonds. The molecule has 1 N–H and O–H groups in total. The van der Waals surface area contributed by atoms with E-state index in [1.54, 1.807) is 0 Å². The zero-order chi connectivity index (χ0) is 23.5. The Bertz CT molecular complexity index is 1140. The number of amides is 1. The van der Waals surface area contributed by atoms with Crippen LogP contribution in [-0.4, -0.2) is 88.2 Å². The van der Waals surface area contributed by atoms with E-state index in [9.17, 15) is 4.79 Å². The largest absolute Gasteiger partial charge is 0.310 e. The molecule has 0 aliphatic carbocycles. The van der Waals surface area contributed by atoms with Crippen LogP contribution in [0.2, 0.25) is 0 Å². The number of piperidine rings is 1. The Morgan fingerprint density at radius 2 is 1.71 bits per heavy atom. The fourth-order valence-corrected chi connectivity index (χ4v) is 4.99. The maximum Gasteiger partial charge on any atom is 0.239 e. The highest BCUT2D eigenvalue weighted by molar-refractivity contribution is 5.95. The molecule has 4 heterocycles. The molecule has 0 unspecified atom stereocenters. The SMILES string of the molecule is CN1CCN(CC(=O)Nc2cc3cc(-c4cnn(C)c4CN4CCCCC4)ccc3cn2)CC1. The van der Waals surface area contributed by atoms with E-state index in [4.69, 9.17) is 0 Å². The first-order valence-electron chi connectivity index (χ1n) is 12.4. The van der Waals surface area contributed by atoms with Crippen LogP contribution in [0.4, 0.5) is 5.82 Å². The summed E-state index contributed by atoms with van der Waals surface area (Å²) in [6.45, 7) is 7.48. The van der Waals surface area contributed by atoms with Crippen LogP contribution in [0.25, 0.3) is 21.9 Å². The highest BCUT2D eigenvalue weighted by atomic mass is 16.2. The van der Waals surface area contributed by atoms with E-state index < -0.39 is 0 Å². The van der Waals surface area contributed by atoms with Gasteiger partial charge in [0, 0.05) is 56.9 Å². The third-order valence-electron chi connectivity index (χ3n) is 7.15. The number of pyridine rings is 1. The summed E-state index contributed by atoms with van der Waals surface area (Å²) in [5, 5.41) is 9.68. The van der Waals surface area contributed by atoms with E-state index in [0.29, 0.717) is 12.4 Å². The van der Waals surface area contributed by atoms with E-state index in [-0.39, 0.29) is 5.91 Å². The van der Waals surface area contributed by atoms with Crippen LogP contribution in [0.5, 0.6) is 0 Å². The molecule has 3 aromatic rings. The van der Waals surface area contributed by atoms with Gasteiger partial charge in [0.1, 0.15) is 5.82 Å². The second-order valence-electron chi connectivity index (χ2n) is 9.72. The minimum Gasteiger partial charge on any atom is -0.310 e. The summed E-state index contributed by atoms with van der Waals surface area (Å²) < 4.78 is 2.00. The first kappa shape index (κ1) is 23.0. The average molecular weight is 462 g/mol. The Balaban J connectivity index is 1.32. The van der Waals surface area contributed by atoms with Gasteiger partial charge in [0.25, 0.3) is 0 Å². The summed E-state index contributed by atoms with van der Waals surface area (Å²) in [6, 6.07) is 8.41. The number of hydrogen-bond acceptors (Lipinski definition) is 6. The number of nitrogens with one attached hydrogen (secondary N) is 1. The van der Waals surface area contributed by atoms with Gasteiger partial charge in [-0.3, -0.25) is 19.3 Å². The highest BCUT2D eigenvalue weighted by Crippen LogP contribution is 2.29. The number of aromatic nitrogens is 3. The molecule has 1 aromatic carbocycles. The summed E-state index contributed by atoms with van der Waals surface area (Å²) in [5.74, 6) is 0.590. The molecule has 2 aliphatic heterocycles. The topological polar surface area (TPSA) is 69.5 Å². The van der Waals surface area contributed by atoms with Crippen molar-refractivity contribution in [2.75, 3.05) is 58.2 Å². The molecule has 34 heavy (non-hydrogen) atoms. The van der Waals surface area contributed by atoms with E-state index in [1.165, 1.54) is 30.5 Å². The lowest BCUT2D eigenvalue weighted by atomic mass is 10.0. The third-order valence-corrected chi connectivity index (χ3v) is 7.15. The van der Waals surface area contributed by atoms with Crippen molar-refractivity contribution in [3.8, 4) is 11.1 Å². The summed E-state index contributed by atoms with van der Waals surface area (Å²) >= 11 is 0. The Morgan fingerprint density at radius 1 is 0.912 bits per heavy atom. The van der Waals surface area contributed by atoms with Crippen LogP contribution in [0.1, 0.15) is 25.0 Å². The molecule has 180 valence electrons. The molecule has 5 rings (SSSR count). The Morgan fingerprint density at radius 3 is 2.50 bits per heavy atom. The lowest BCUT2D eigenvalue weighted by molar-refractivity contribution is -0.117. The first-order valence-corrected chi connectivity index (χ1v) is 12.4. The molecule has 8 nitrogen and oxygen atoms in total. The predicted octanol–water partition coefficient (Wildman–Crippen LogP) is 2.81. The van der Waals surface area contributed by atoms with Crippen LogP contribution >= 0.6 is 0 Å². The maximum atomic E-state index is 12.6. The van der Waals surface area contributed by atoms with Crippen molar-refractivity contribution in [2.45, 2.75) is 25.8 Å². The van der Waals surface area contributed by atoms with Crippen molar-refractivity contribution in [1.29, 1.82) is 0 Å². The van der Waals surface area contributed by atoms with Crippen molar-refractivity contribution in [2.24, 2.45) is 7.05 Å². The second-order valence-corrected chi connectivity index (χ2v) is 9.72. The number of anilines is 1. The summed E-state index contributed by atoms with van der Waals surface area (Å²) in [4.78, 5) is 24.1. The highest BCUT2D eigenvalue weighted by Gasteiger charge is 2.18. The van der Waals surface area contributed by atoms with Crippen molar-refractivity contribution in [1.82, 2.24) is 29.5 Å². The number of benzene rings is 1. The Kier molecular flexibility index (Phi) is 6.89. The molecule has 0 radical (unpaired) electrons. The van der Waals surface area contributed by atoms with Gasteiger partial charge in [0.05, 0.1) is 18.4 Å². The van der Waals surface area contributed by atoms with Crippen LogP contribution in [0.3, 0.4) is 0 Å². The molecular weight excluding hydrogens is 426 g/mol. The first-order chi connectivity index (χ1) is 16.5. The number of likely N-dealkylation sites (N-methyl/N-ethyl adjacent to an activating group) is 1. The van der Waals surface area contributed by atoms with Gasteiger partial charge < -0.3 is 10.2 Å². The van der Waals surface area contributed by atoms with E-state index in [0.717, 1.165) is 62.1 Å². The molecule has 0 spiro atoms. The summed E-state index contributed by atoms with van der Waals surface area (Å²) in [6.07, 6.45) is 7.70. The van der Waals surface area contributed by atoms with Gasteiger partial charge in [-0.15, -0.1) is 0 Å². The summed E-state index contributed by atoms with van der Waals surface area (Å²) in [7, 11) is 4.15. The third kappa shape index (κ3) is 5.29. The van der Waals surface area contributed by atoms with Gasteiger partial charge in [-0.2, -0.15) is 5.10 Å².